The predicted molar refractivity (Wildman–Crippen MR) is 127 cm³/mol. The molecule has 9 heteroatoms. The molecule has 1 aromatic heterocycles. The van der Waals surface area contributed by atoms with Crippen LogP contribution in [-0.4, -0.2) is 62.0 Å². The van der Waals surface area contributed by atoms with Gasteiger partial charge in [-0.3, -0.25) is 4.68 Å². The molecule has 0 spiro atoms. The normalized spacial score (nSPS) is 12.3. The van der Waals surface area contributed by atoms with Crippen LogP contribution in [0.15, 0.2) is 35.5 Å². The molecule has 162 valence electrons. The molecule has 0 amide bonds. The lowest BCUT2D eigenvalue weighted by Gasteiger charge is -2.26. The summed E-state index contributed by atoms with van der Waals surface area (Å²) in [6.07, 6.45) is 1.78. The molecule has 1 atom stereocenters. The molecule has 0 aliphatic heterocycles. The Hall–Kier alpha value is -2.01. The average Bonchev–Trinajstić information content (AvgIpc) is 3.10. The lowest BCUT2D eigenvalue weighted by atomic mass is 10.1. The molecule has 1 unspecified atom stereocenters. The molecule has 0 aliphatic carbocycles. The van der Waals surface area contributed by atoms with E-state index in [1.165, 1.54) is 0 Å². The maximum Gasteiger partial charge on any atom is 0.191 e. The maximum atomic E-state index is 5.45. The SMILES string of the molecule is CCNC(=NCc1ccnn1C)NCC(c1ccc(OC)c(OC)c1)N(C)C.I. The summed E-state index contributed by atoms with van der Waals surface area (Å²) >= 11 is 0. The van der Waals surface area contributed by atoms with Gasteiger partial charge >= 0.3 is 0 Å². The fourth-order valence-electron chi connectivity index (χ4n) is 2.91. The fourth-order valence-corrected chi connectivity index (χ4v) is 2.91. The van der Waals surface area contributed by atoms with Crippen molar-refractivity contribution in [3.8, 4) is 11.5 Å². The monoisotopic (exact) mass is 516 g/mol. The minimum Gasteiger partial charge on any atom is -0.493 e. The molecule has 0 radical (unpaired) electrons. The molecule has 1 aromatic carbocycles. The molecular formula is C20H33IN6O2. The lowest BCUT2D eigenvalue weighted by Crippen LogP contribution is -2.41. The summed E-state index contributed by atoms with van der Waals surface area (Å²) in [6, 6.07) is 8.13. The number of benzene rings is 1. The summed E-state index contributed by atoms with van der Waals surface area (Å²) in [5, 5.41) is 10.9. The first-order valence-electron chi connectivity index (χ1n) is 9.37. The highest BCUT2D eigenvalue weighted by atomic mass is 127. The van der Waals surface area contributed by atoms with Crippen molar-refractivity contribution in [1.29, 1.82) is 0 Å². The number of nitrogens with one attached hydrogen (secondary N) is 2. The Morgan fingerprint density at radius 3 is 2.45 bits per heavy atom. The summed E-state index contributed by atoms with van der Waals surface area (Å²) in [5.74, 6) is 2.22. The van der Waals surface area contributed by atoms with Crippen LogP contribution in [0.25, 0.3) is 0 Å². The summed E-state index contributed by atoms with van der Waals surface area (Å²) in [7, 11) is 9.33. The first-order chi connectivity index (χ1) is 13.5. The number of methoxy groups -OCH3 is 2. The summed E-state index contributed by atoms with van der Waals surface area (Å²) in [6.45, 7) is 4.10. The van der Waals surface area contributed by atoms with Crippen LogP contribution in [0.2, 0.25) is 0 Å². The number of rotatable bonds is 9. The number of aromatic nitrogens is 2. The molecule has 0 aliphatic rings. The Labute approximate surface area is 190 Å². The number of likely N-dealkylation sites (N-methyl/N-ethyl adjacent to an activating group) is 1. The Kier molecular flexibility index (Phi) is 10.8. The van der Waals surface area contributed by atoms with Crippen LogP contribution in [0.1, 0.15) is 24.2 Å². The number of nitrogens with zero attached hydrogens (tertiary/aromatic N) is 4. The van der Waals surface area contributed by atoms with Crippen LogP contribution < -0.4 is 20.1 Å². The smallest absolute Gasteiger partial charge is 0.191 e. The van der Waals surface area contributed by atoms with Crippen LogP contribution in [0.4, 0.5) is 0 Å². The summed E-state index contributed by atoms with van der Waals surface area (Å²) < 4.78 is 12.6. The third-order valence-electron chi connectivity index (χ3n) is 4.54. The molecular weight excluding hydrogens is 483 g/mol. The van der Waals surface area contributed by atoms with Crippen molar-refractivity contribution in [3.63, 3.8) is 0 Å². The molecule has 0 bridgehead atoms. The number of hydrogen-bond acceptors (Lipinski definition) is 5. The number of aryl methyl sites for hydroxylation is 1. The third-order valence-corrected chi connectivity index (χ3v) is 4.54. The van der Waals surface area contributed by atoms with Gasteiger partial charge in [0.05, 0.1) is 32.5 Å². The zero-order chi connectivity index (χ0) is 20.5. The Bertz CT molecular complexity index is 778. The first kappa shape index (κ1) is 25.0. The highest BCUT2D eigenvalue weighted by Crippen LogP contribution is 2.31. The van der Waals surface area contributed by atoms with Gasteiger partial charge in [-0.15, -0.1) is 24.0 Å². The van der Waals surface area contributed by atoms with Crippen molar-refractivity contribution in [2.24, 2.45) is 12.0 Å². The van der Waals surface area contributed by atoms with Gasteiger partial charge < -0.3 is 25.0 Å². The Balaban J connectivity index is 0.00000420. The zero-order valence-electron chi connectivity index (χ0n) is 18.1. The Morgan fingerprint density at radius 1 is 1.17 bits per heavy atom. The predicted octanol–water partition coefficient (Wildman–Crippen LogP) is 2.41. The van der Waals surface area contributed by atoms with Gasteiger partial charge in [-0.25, -0.2) is 4.99 Å². The zero-order valence-corrected chi connectivity index (χ0v) is 20.4. The van der Waals surface area contributed by atoms with Crippen LogP contribution >= 0.6 is 24.0 Å². The molecule has 29 heavy (non-hydrogen) atoms. The standard InChI is InChI=1S/C20H32N6O2.HI/c1-7-21-20(22-13-16-10-11-24-26(16)4)23-14-17(25(2)3)15-8-9-18(27-5)19(12-15)28-6;/h8-12,17H,7,13-14H2,1-6H3,(H2,21,22,23);1H. The van der Waals surface area contributed by atoms with Crippen molar-refractivity contribution in [3.05, 3.63) is 41.7 Å². The highest BCUT2D eigenvalue weighted by Gasteiger charge is 2.17. The lowest BCUT2D eigenvalue weighted by molar-refractivity contribution is 0.295. The second-order valence-electron chi connectivity index (χ2n) is 6.62. The van der Waals surface area contributed by atoms with E-state index in [2.05, 4.69) is 52.7 Å². The molecule has 0 saturated carbocycles. The largest absolute Gasteiger partial charge is 0.493 e. The average molecular weight is 516 g/mol. The maximum absolute atomic E-state index is 5.45. The quantitative estimate of drug-likeness (QED) is 0.303. The molecule has 2 aromatic rings. The van der Waals surface area contributed by atoms with Crippen LogP contribution in [0.5, 0.6) is 11.5 Å². The van der Waals surface area contributed by atoms with Crippen LogP contribution in [0.3, 0.4) is 0 Å². The van der Waals surface area contributed by atoms with Gasteiger partial charge in [-0.2, -0.15) is 5.10 Å². The fraction of sp³-hybridized carbons (Fsp3) is 0.500. The number of hydrogen-bond donors (Lipinski definition) is 2. The highest BCUT2D eigenvalue weighted by molar-refractivity contribution is 14.0. The third kappa shape index (κ3) is 7.07. The van der Waals surface area contributed by atoms with E-state index < -0.39 is 0 Å². The molecule has 0 fully saturated rings. The summed E-state index contributed by atoms with van der Waals surface area (Å²) in [4.78, 5) is 6.84. The second-order valence-corrected chi connectivity index (χ2v) is 6.62. The van der Waals surface area contributed by atoms with Gasteiger partial charge in [0.1, 0.15) is 0 Å². The van der Waals surface area contributed by atoms with Crippen LogP contribution in [-0.2, 0) is 13.6 Å². The topological polar surface area (TPSA) is 75.9 Å². The van der Waals surface area contributed by atoms with Gasteiger partial charge in [0.25, 0.3) is 0 Å². The molecule has 0 saturated heterocycles. The number of halogens is 1. The van der Waals surface area contributed by atoms with Gasteiger partial charge in [0.2, 0.25) is 0 Å². The van der Waals surface area contributed by atoms with Crippen molar-refractivity contribution in [1.82, 2.24) is 25.3 Å². The van der Waals surface area contributed by atoms with Crippen molar-refractivity contribution < 1.29 is 9.47 Å². The number of ether oxygens (including phenoxy) is 2. The van der Waals surface area contributed by atoms with Crippen molar-refractivity contribution >= 4 is 29.9 Å². The van der Waals surface area contributed by atoms with E-state index in [0.717, 1.165) is 35.3 Å². The number of guanidine groups is 1. The second kappa shape index (κ2) is 12.5. The van der Waals surface area contributed by atoms with Gasteiger partial charge in [-0.1, -0.05) is 6.07 Å². The summed E-state index contributed by atoms with van der Waals surface area (Å²) in [5.41, 5.74) is 2.19. The van der Waals surface area contributed by atoms with E-state index in [-0.39, 0.29) is 30.0 Å². The van der Waals surface area contributed by atoms with Crippen LogP contribution in [0, 0.1) is 0 Å². The van der Waals surface area contributed by atoms with E-state index in [1.54, 1.807) is 20.4 Å². The molecule has 2 rings (SSSR count). The minimum absolute atomic E-state index is 0. The van der Waals surface area contributed by atoms with Gasteiger partial charge in [-0.05, 0) is 44.8 Å². The van der Waals surface area contributed by atoms with E-state index in [4.69, 9.17) is 9.47 Å². The van der Waals surface area contributed by atoms with Crippen molar-refractivity contribution in [2.45, 2.75) is 19.5 Å². The first-order valence-corrected chi connectivity index (χ1v) is 9.37. The van der Waals surface area contributed by atoms with E-state index in [9.17, 15) is 0 Å². The minimum atomic E-state index is 0. The molecule has 8 nitrogen and oxygen atoms in total. The molecule has 2 N–H and O–H groups in total. The van der Waals surface area contributed by atoms with Gasteiger partial charge in [0, 0.05) is 26.3 Å². The van der Waals surface area contributed by atoms with E-state index >= 15 is 0 Å². The van der Waals surface area contributed by atoms with Crippen molar-refractivity contribution in [2.75, 3.05) is 41.4 Å². The Morgan fingerprint density at radius 2 is 1.90 bits per heavy atom. The van der Waals surface area contributed by atoms with Gasteiger partial charge in [0.15, 0.2) is 17.5 Å². The van der Waals surface area contributed by atoms with E-state index in [1.807, 2.05) is 29.9 Å². The number of aliphatic imine (C=N–C) groups is 1. The molecule has 1 heterocycles. The van der Waals surface area contributed by atoms with E-state index in [0.29, 0.717) is 13.1 Å².